The van der Waals surface area contributed by atoms with Crippen LogP contribution in [0, 0.1) is 0 Å². The van der Waals surface area contributed by atoms with E-state index in [-0.39, 0.29) is 5.97 Å². The maximum Gasteiger partial charge on any atom is 0.324 e. The maximum absolute atomic E-state index is 11.3. The van der Waals surface area contributed by atoms with E-state index >= 15 is 0 Å². The van der Waals surface area contributed by atoms with Crippen LogP contribution in [0.5, 0.6) is 11.5 Å². The normalized spacial score (nSPS) is 11.8. The fourth-order valence-corrected chi connectivity index (χ4v) is 1.72. The van der Waals surface area contributed by atoms with E-state index in [1.54, 1.807) is 32.4 Å². The third-order valence-corrected chi connectivity index (χ3v) is 3.01. The van der Waals surface area contributed by atoms with Gasteiger partial charge in [0.05, 0.1) is 21.3 Å². The van der Waals surface area contributed by atoms with Gasteiger partial charge >= 0.3 is 5.97 Å². The van der Waals surface area contributed by atoms with Gasteiger partial charge < -0.3 is 14.2 Å². The third-order valence-electron chi connectivity index (χ3n) is 2.11. The molecule has 1 rings (SSSR count). The summed E-state index contributed by atoms with van der Waals surface area (Å²) in [6.45, 7) is 0. The molecule has 0 N–H and O–H groups in total. The molecule has 0 spiro atoms. The van der Waals surface area contributed by atoms with E-state index in [2.05, 4.69) is 20.7 Å². The Labute approximate surface area is 103 Å². The molecule has 0 saturated carbocycles. The summed E-state index contributed by atoms with van der Waals surface area (Å²) < 4.78 is 14.9. The Morgan fingerprint density at radius 1 is 1.19 bits per heavy atom. The van der Waals surface area contributed by atoms with Crippen molar-refractivity contribution in [3.8, 4) is 11.5 Å². The van der Waals surface area contributed by atoms with Crippen molar-refractivity contribution in [2.45, 2.75) is 4.83 Å². The first-order valence-electron chi connectivity index (χ1n) is 4.57. The van der Waals surface area contributed by atoms with Crippen molar-refractivity contribution in [2.75, 3.05) is 21.3 Å². The number of rotatable bonds is 4. The van der Waals surface area contributed by atoms with Crippen molar-refractivity contribution in [2.24, 2.45) is 0 Å². The largest absolute Gasteiger partial charge is 0.493 e. The van der Waals surface area contributed by atoms with Gasteiger partial charge in [0.25, 0.3) is 0 Å². The van der Waals surface area contributed by atoms with Crippen LogP contribution < -0.4 is 9.47 Å². The molecule has 0 amide bonds. The van der Waals surface area contributed by atoms with Crippen LogP contribution in [-0.4, -0.2) is 27.3 Å². The Bertz CT molecular complexity index is 378. The standard InChI is InChI=1S/C11H13BrO4/c1-14-8-5-4-7(6-9(8)15-2)10(12)11(13)16-3/h4-6,10H,1-3H3/t10-/m1/s1. The first-order valence-corrected chi connectivity index (χ1v) is 5.49. The summed E-state index contributed by atoms with van der Waals surface area (Å²) in [5, 5.41) is 0. The van der Waals surface area contributed by atoms with E-state index in [4.69, 9.17) is 9.47 Å². The van der Waals surface area contributed by atoms with Crippen molar-refractivity contribution >= 4 is 21.9 Å². The fraction of sp³-hybridized carbons (Fsp3) is 0.364. The van der Waals surface area contributed by atoms with Crippen LogP contribution in [-0.2, 0) is 9.53 Å². The van der Waals surface area contributed by atoms with Crippen LogP contribution in [0.2, 0.25) is 0 Å². The molecule has 0 fully saturated rings. The number of esters is 1. The van der Waals surface area contributed by atoms with Gasteiger partial charge in [-0.1, -0.05) is 22.0 Å². The van der Waals surface area contributed by atoms with E-state index in [0.717, 1.165) is 5.56 Å². The second-order valence-corrected chi connectivity index (χ2v) is 3.92. The lowest BCUT2D eigenvalue weighted by molar-refractivity contribution is -0.139. The lowest BCUT2D eigenvalue weighted by Crippen LogP contribution is -2.08. The summed E-state index contributed by atoms with van der Waals surface area (Å²) in [7, 11) is 4.45. The second kappa shape index (κ2) is 5.75. The van der Waals surface area contributed by atoms with Gasteiger partial charge in [-0.2, -0.15) is 0 Å². The molecule has 0 unspecified atom stereocenters. The number of halogens is 1. The van der Waals surface area contributed by atoms with Crippen molar-refractivity contribution < 1.29 is 19.0 Å². The molecule has 1 atom stereocenters. The molecule has 88 valence electrons. The van der Waals surface area contributed by atoms with Crippen LogP contribution in [0.25, 0.3) is 0 Å². The number of ether oxygens (including phenoxy) is 3. The lowest BCUT2D eigenvalue weighted by atomic mass is 10.1. The zero-order valence-corrected chi connectivity index (χ0v) is 10.9. The van der Waals surface area contributed by atoms with Crippen LogP contribution in [0.15, 0.2) is 18.2 Å². The minimum Gasteiger partial charge on any atom is -0.493 e. The average molecular weight is 289 g/mol. The summed E-state index contributed by atoms with van der Waals surface area (Å²) >= 11 is 3.25. The second-order valence-electron chi connectivity index (χ2n) is 3.00. The van der Waals surface area contributed by atoms with E-state index in [0.29, 0.717) is 11.5 Å². The quantitative estimate of drug-likeness (QED) is 0.630. The highest BCUT2D eigenvalue weighted by Gasteiger charge is 2.19. The number of methoxy groups -OCH3 is 3. The van der Waals surface area contributed by atoms with Gasteiger partial charge in [0, 0.05) is 0 Å². The number of hydrogen-bond acceptors (Lipinski definition) is 4. The maximum atomic E-state index is 11.3. The molecule has 4 nitrogen and oxygen atoms in total. The van der Waals surface area contributed by atoms with Crippen molar-refractivity contribution in [3.05, 3.63) is 23.8 Å². The molecule has 0 aromatic heterocycles. The minimum absolute atomic E-state index is 0.354. The highest BCUT2D eigenvalue weighted by molar-refractivity contribution is 9.09. The molecular weight excluding hydrogens is 276 g/mol. The minimum atomic E-state index is -0.502. The first-order chi connectivity index (χ1) is 7.63. The summed E-state index contributed by atoms with van der Waals surface area (Å²) in [6.07, 6.45) is 0. The van der Waals surface area contributed by atoms with Crippen molar-refractivity contribution in [3.63, 3.8) is 0 Å². The van der Waals surface area contributed by atoms with Crippen LogP contribution in [0.1, 0.15) is 10.4 Å². The monoisotopic (exact) mass is 288 g/mol. The number of carbonyl (C=O) groups excluding carboxylic acids is 1. The Balaban J connectivity index is 3.03. The molecule has 0 heterocycles. The number of carbonyl (C=O) groups is 1. The fourth-order valence-electron chi connectivity index (χ4n) is 1.25. The van der Waals surface area contributed by atoms with Crippen LogP contribution >= 0.6 is 15.9 Å². The van der Waals surface area contributed by atoms with Gasteiger partial charge in [-0.3, -0.25) is 4.79 Å². The smallest absolute Gasteiger partial charge is 0.324 e. The zero-order chi connectivity index (χ0) is 12.1. The number of hydrogen-bond donors (Lipinski definition) is 0. The topological polar surface area (TPSA) is 44.8 Å². The highest BCUT2D eigenvalue weighted by Crippen LogP contribution is 2.33. The average Bonchev–Trinajstić information content (AvgIpc) is 2.35. The van der Waals surface area contributed by atoms with E-state index in [1.807, 2.05) is 0 Å². The molecule has 1 aromatic carbocycles. The summed E-state index contributed by atoms with van der Waals surface area (Å²) in [6, 6.07) is 5.25. The summed E-state index contributed by atoms with van der Waals surface area (Å²) in [5.41, 5.74) is 0.754. The molecule has 5 heteroatoms. The molecule has 0 aliphatic heterocycles. The van der Waals surface area contributed by atoms with Gasteiger partial charge in [-0.25, -0.2) is 0 Å². The summed E-state index contributed by atoms with van der Waals surface area (Å²) in [5.74, 6) is 0.844. The van der Waals surface area contributed by atoms with Gasteiger partial charge in [-0.15, -0.1) is 0 Å². The molecule has 0 aliphatic rings. The van der Waals surface area contributed by atoms with E-state index in [1.165, 1.54) is 7.11 Å². The molecule has 0 saturated heterocycles. The number of benzene rings is 1. The van der Waals surface area contributed by atoms with Crippen LogP contribution in [0.3, 0.4) is 0 Å². The molecule has 0 radical (unpaired) electrons. The molecule has 16 heavy (non-hydrogen) atoms. The van der Waals surface area contributed by atoms with Gasteiger partial charge in [0.1, 0.15) is 4.83 Å². The third kappa shape index (κ3) is 2.66. The van der Waals surface area contributed by atoms with Gasteiger partial charge in [-0.05, 0) is 17.7 Å². The SMILES string of the molecule is COC(=O)[C@H](Br)c1ccc(OC)c(OC)c1. The van der Waals surface area contributed by atoms with Crippen LogP contribution in [0.4, 0.5) is 0 Å². The van der Waals surface area contributed by atoms with E-state index in [9.17, 15) is 4.79 Å². The Morgan fingerprint density at radius 2 is 1.81 bits per heavy atom. The lowest BCUT2D eigenvalue weighted by Gasteiger charge is -2.12. The predicted octanol–water partition coefficient (Wildman–Crippen LogP) is 2.31. The molecule has 0 bridgehead atoms. The molecule has 0 aliphatic carbocycles. The Morgan fingerprint density at radius 3 is 2.31 bits per heavy atom. The highest BCUT2D eigenvalue weighted by atomic mass is 79.9. The zero-order valence-electron chi connectivity index (χ0n) is 9.32. The molecular formula is C11H13BrO4. The van der Waals surface area contributed by atoms with Crippen molar-refractivity contribution in [1.82, 2.24) is 0 Å². The summed E-state index contributed by atoms with van der Waals surface area (Å²) in [4.78, 5) is 10.8. The number of alkyl halides is 1. The first kappa shape index (κ1) is 12.8. The van der Waals surface area contributed by atoms with Gasteiger partial charge in [0.2, 0.25) is 0 Å². The van der Waals surface area contributed by atoms with Gasteiger partial charge in [0.15, 0.2) is 11.5 Å². The Hall–Kier alpha value is -1.23. The van der Waals surface area contributed by atoms with Crippen molar-refractivity contribution in [1.29, 1.82) is 0 Å². The van der Waals surface area contributed by atoms with E-state index < -0.39 is 4.83 Å². The predicted molar refractivity (Wildman–Crippen MR) is 63.2 cm³/mol. The molecule has 1 aromatic rings. The Kier molecular flexibility index (Phi) is 4.61.